The Hall–Kier alpha value is 1.82. The molecule has 0 bridgehead atoms. The van der Waals surface area contributed by atoms with E-state index in [0.29, 0.717) is 0 Å². The van der Waals surface area contributed by atoms with Crippen LogP contribution in [0.25, 0.3) is 0 Å². The van der Waals surface area contributed by atoms with Crippen molar-refractivity contribution < 1.29 is 24.0 Å². The van der Waals surface area contributed by atoms with Crippen molar-refractivity contribution in [1.29, 1.82) is 0 Å². The zero-order valence-corrected chi connectivity index (χ0v) is 16.1. The minimum atomic E-state index is -3.31. The van der Waals surface area contributed by atoms with E-state index in [1.54, 1.807) is 24.3 Å². The molecule has 0 atom stereocenters. The van der Waals surface area contributed by atoms with Crippen molar-refractivity contribution in [3.8, 4) is 0 Å². The number of halogens is 2. The smallest absolute Gasteiger partial charge is 0.101 e. The van der Waals surface area contributed by atoms with Crippen LogP contribution in [0.5, 0.6) is 0 Å². The van der Waals surface area contributed by atoms with Gasteiger partial charge in [0.25, 0.3) is 0 Å². The molecule has 0 heterocycles. The highest BCUT2D eigenvalue weighted by molar-refractivity contribution is 7.94. The lowest BCUT2D eigenvalue weighted by Gasteiger charge is -2.17. The predicted molar refractivity (Wildman–Crippen MR) is 93.7 cm³/mol. The molecule has 1 aromatic carbocycles. The largest absolute Gasteiger partial charge is 0.496 e. The predicted octanol–water partition coefficient (Wildman–Crippen LogP) is 4.25. The maximum Gasteiger partial charge on any atom is 0.496 e. The molecule has 0 saturated heterocycles. The molecule has 0 N–H and O–H groups in total. The van der Waals surface area contributed by atoms with Gasteiger partial charge in [0.1, 0.15) is 23.7 Å². The summed E-state index contributed by atoms with van der Waals surface area (Å²) < 4.78 is 29.1. The van der Waals surface area contributed by atoms with Crippen molar-refractivity contribution >= 4 is 102 Å². The summed E-state index contributed by atoms with van der Waals surface area (Å²) in [6, 6.07) is 6.43. The second kappa shape index (κ2) is 9.20. The number of hydrogen-bond acceptors (Lipinski definition) is 10. The van der Waals surface area contributed by atoms with Crippen molar-refractivity contribution in [3.05, 3.63) is 24.3 Å². The monoisotopic (exact) mass is 436 g/mol. The van der Waals surface area contributed by atoms with Crippen LogP contribution in [-0.4, -0.2) is 0 Å². The second-order valence-electron chi connectivity index (χ2n) is 2.95. The molecular weight excluding hydrogens is 429 g/mol. The van der Waals surface area contributed by atoms with Crippen LogP contribution in [0.4, 0.5) is 0 Å². The third kappa shape index (κ3) is 3.83. The van der Waals surface area contributed by atoms with Gasteiger partial charge in [0.05, 0.1) is 0 Å². The standard InChI is InChI=1S/C6H6Cl2O6P2S4/c7-9-15(11-17,12-18)5-3-1-2-4-6(5)16(10-8,13-19)14-20/h1-4H,(H2-2,17,18,19,20)/p+2. The van der Waals surface area contributed by atoms with Crippen LogP contribution in [0.1, 0.15) is 0 Å². The van der Waals surface area contributed by atoms with Crippen molar-refractivity contribution in [2.75, 3.05) is 0 Å². The zero-order chi connectivity index (χ0) is 15.2. The number of hydrogen-bond donors (Lipinski definition) is 4. The fourth-order valence-corrected chi connectivity index (χ4v) is 7.33. The number of rotatable bonds is 8. The van der Waals surface area contributed by atoms with Crippen molar-refractivity contribution in [3.63, 3.8) is 0 Å². The molecule has 0 unspecified atom stereocenters. The van der Waals surface area contributed by atoms with E-state index >= 15 is 0 Å². The molecule has 0 spiro atoms. The Bertz CT molecular complexity index is 382. The van der Waals surface area contributed by atoms with Gasteiger partial charge in [-0.1, -0.05) is 20.3 Å². The Morgan fingerprint density at radius 1 is 0.700 bits per heavy atom. The molecule has 0 amide bonds. The maximum atomic E-state index is 5.43. The van der Waals surface area contributed by atoms with E-state index < -0.39 is 15.9 Å². The molecule has 114 valence electrons. The Morgan fingerprint density at radius 2 is 1.00 bits per heavy atom. The van der Waals surface area contributed by atoms with Gasteiger partial charge in [0, 0.05) is 51.6 Å². The molecule has 0 aliphatic heterocycles. The summed E-state index contributed by atoms with van der Waals surface area (Å²) in [5.74, 6) is 0. The first-order valence-electron chi connectivity index (χ1n) is 4.41. The molecule has 0 fully saturated rings. The highest BCUT2D eigenvalue weighted by Gasteiger charge is 2.61. The summed E-state index contributed by atoms with van der Waals surface area (Å²) in [6.45, 7) is 0. The molecule has 0 saturated carbocycles. The SMILES string of the molecule is SO[P+](OS)(OCl)c1ccccc1[P+](OS)(OS)OCl. The van der Waals surface area contributed by atoms with Gasteiger partial charge in [-0.15, -0.1) is 15.9 Å². The van der Waals surface area contributed by atoms with E-state index in [4.69, 9.17) is 47.8 Å². The zero-order valence-electron chi connectivity index (χ0n) is 9.20. The van der Waals surface area contributed by atoms with E-state index in [1.807, 2.05) is 0 Å². The molecular formula is C6H8Cl2O6P2S4+2. The van der Waals surface area contributed by atoms with Crippen molar-refractivity contribution in [2.24, 2.45) is 0 Å². The molecule has 6 nitrogen and oxygen atoms in total. The molecule has 0 radical (unpaired) electrons. The van der Waals surface area contributed by atoms with Crippen LogP contribution < -0.4 is 10.6 Å². The molecule has 0 aliphatic rings. The van der Waals surface area contributed by atoms with Gasteiger partial charge in [0.15, 0.2) is 0 Å². The Kier molecular flexibility index (Phi) is 9.14. The van der Waals surface area contributed by atoms with E-state index in [9.17, 15) is 0 Å². The summed E-state index contributed by atoms with van der Waals surface area (Å²) in [4.78, 5) is 0. The highest BCUT2D eigenvalue weighted by Crippen LogP contribution is 2.69. The van der Waals surface area contributed by atoms with Crippen LogP contribution in [-0.2, 0) is 24.0 Å². The second-order valence-corrected chi connectivity index (χ2v) is 9.62. The van der Waals surface area contributed by atoms with E-state index in [-0.39, 0.29) is 10.6 Å². The van der Waals surface area contributed by atoms with E-state index in [2.05, 4.69) is 51.6 Å². The highest BCUT2D eigenvalue weighted by atomic mass is 35.5. The van der Waals surface area contributed by atoms with Gasteiger partial charge < -0.3 is 0 Å². The Morgan fingerprint density at radius 3 is 1.20 bits per heavy atom. The lowest BCUT2D eigenvalue weighted by atomic mass is 10.4. The molecule has 0 aromatic heterocycles. The van der Waals surface area contributed by atoms with Gasteiger partial charge in [-0.2, -0.15) is 0 Å². The van der Waals surface area contributed by atoms with Crippen molar-refractivity contribution in [2.45, 2.75) is 0 Å². The quantitative estimate of drug-likeness (QED) is 0.277. The molecule has 1 aromatic rings. The van der Waals surface area contributed by atoms with Crippen LogP contribution in [0.3, 0.4) is 0 Å². The van der Waals surface area contributed by atoms with Crippen LogP contribution in [0, 0.1) is 0 Å². The van der Waals surface area contributed by atoms with Crippen LogP contribution in [0.2, 0.25) is 0 Å². The van der Waals surface area contributed by atoms with Crippen LogP contribution >= 0.6 is 91.3 Å². The number of thiol groups is 4. The summed E-state index contributed by atoms with van der Waals surface area (Å²) in [5.41, 5.74) is 0. The molecule has 20 heavy (non-hydrogen) atoms. The Labute approximate surface area is 149 Å². The molecule has 0 aliphatic carbocycles. The van der Waals surface area contributed by atoms with Gasteiger partial charge >= 0.3 is 15.9 Å². The fourth-order valence-electron chi connectivity index (χ4n) is 1.26. The first-order chi connectivity index (χ1) is 9.59. The fraction of sp³-hybridized carbons (Fsp3) is 0. The van der Waals surface area contributed by atoms with Gasteiger partial charge in [0.2, 0.25) is 10.6 Å². The van der Waals surface area contributed by atoms with Crippen molar-refractivity contribution in [1.82, 2.24) is 0 Å². The summed E-state index contributed by atoms with van der Waals surface area (Å²) in [6.07, 6.45) is 0. The lowest BCUT2D eigenvalue weighted by Crippen LogP contribution is -2.31. The summed E-state index contributed by atoms with van der Waals surface area (Å²) >= 11 is 25.6. The van der Waals surface area contributed by atoms with Gasteiger partial charge in [-0.05, 0) is 12.1 Å². The third-order valence-corrected chi connectivity index (χ3v) is 9.11. The van der Waals surface area contributed by atoms with E-state index in [1.165, 1.54) is 0 Å². The van der Waals surface area contributed by atoms with Gasteiger partial charge in [-0.25, -0.2) is 0 Å². The normalized spacial score (nSPS) is 12.7. The third-order valence-electron chi connectivity index (χ3n) is 2.08. The minimum Gasteiger partial charge on any atom is -0.101 e. The van der Waals surface area contributed by atoms with Gasteiger partial charge in [-0.3, -0.25) is 0 Å². The van der Waals surface area contributed by atoms with E-state index in [0.717, 1.165) is 0 Å². The lowest BCUT2D eigenvalue weighted by molar-refractivity contribution is 0.437. The summed E-state index contributed by atoms with van der Waals surface area (Å²) in [5, 5.41) is 0.550. The summed E-state index contributed by atoms with van der Waals surface area (Å²) in [7, 11) is -6.62. The molecule has 1 rings (SSSR count). The average Bonchev–Trinajstić information content (AvgIpc) is 2.53. The Balaban J connectivity index is 3.51. The first kappa shape index (κ1) is 19.9. The number of benzene rings is 1. The van der Waals surface area contributed by atoms with Crippen LogP contribution in [0.15, 0.2) is 24.3 Å². The molecule has 14 heteroatoms. The minimum absolute atomic E-state index is 0.275. The maximum absolute atomic E-state index is 5.43. The topological polar surface area (TPSA) is 55.4 Å². The first-order valence-corrected chi connectivity index (χ1v) is 9.57. The average molecular weight is 437 g/mol.